The molecule has 150 valence electrons. The van der Waals surface area contributed by atoms with E-state index in [9.17, 15) is 26.7 Å². The topological polar surface area (TPSA) is 44.1 Å². The molecule has 1 unspecified atom stereocenters. The first-order valence-corrected chi connectivity index (χ1v) is 9.13. The molecule has 0 saturated heterocycles. The normalized spacial score (nSPS) is 26.6. The van der Waals surface area contributed by atoms with E-state index < -0.39 is 47.6 Å². The SMILES string of the molecule is CCOC(=O)c1c(C(F)(F)F)c(C2CC23CC3)nn1CC1(C)CC(F)(F)C1. The molecule has 3 aliphatic carbocycles. The van der Waals surface area contributed by atoms with Gasteiger partial charge in [0, 0.05) is 25.3 Å². The van der Waals surface area contributed by atoms with Crippen molar-refractivity contribution in [2.75, 3.05) is 6.61 Å². The fraction of sp³-hybridized carbons (Fsp3) is 0.778. The number of esters is 1. The molecule has 1 atom stereocenters. The van der Waals surface area contributed by atoms with Crippen molar-refractivity contribution in [2.24, 2.45) is 10.8 Å². The summed E-state index contributed by atoms with van der Waals surface area (Å²) in [6.45, 7) is 2.83. The minimum absolute atomic E-state index is 0.0840. The summed E-state index contributed by atoms with van der Waals surface area (Å²) in [5.74, 6) is -4.25. The van der Waals surface area contributed by atoms with Crippen molar-refractivity contribution in [3.8, 4) is 0 Å². The minimum Gasteiger partial charge on any atom is -0.461 e. The molecular formula is C18H21F5N2O2. The van der Waals surface area contributed by atoms with Gasteiger partial charge in [0.1, 0.15) is 5.56 Å². The van der Waals surface area contributed by atoms with E-state index in [-0.39, 0.29) is 30.2 Å². The van der Waals surface area contributed by atoms with E-state index >= 15 is 0 Å². The van der Waals surface area contributed by atoms with Crippen molar-refractivity contribution < 1.29 is 31.5 Å². The highest BCUT2D eigenvalue weighted by molar-refractivity contribution is 5.90. The van der Waals surface area contributed by atoms with Crippen LogP contribution in [-0.2, 0) is 17.5 Å². The van der Waals surface area contributed by atoms with E-state index in [4.69, 9.17) is 4.74 Å². The molecule has 27 heavy (non-hydrogen) atoms. The molecule has 4 rings (SSSR count). The molecular weight excluding hydrogens is 371 g/mol. The number of aromatic nitrogens is 2. The molecule has 3 fully saturated rings. The number of hydrogen-bond acceptors (Lipinski definition) is 3. The van der Waals surface area contributed by atoms with Gasteiger partial charge in [0.2, 0.25) is 5.92 Å². The van der Waals surface area contributed by atoms with E-state index in [0.717, 1.165) is 17.5 Å². The van der Waals surface area contributed by atoms with Crippen molar-refractivity contribution in [1.29, 1.82) is 0 Å². The Labute approximate surface area is 153 Å². The fourth-order valence-electron chi connectivity index (χ4n) is 4.64. The molecule has 9 heteroatoms. The number of hydrogen-bond donors (Lipinski definition) is 0. The van der Waals surface area contributed by atoms with Gasteiger partial charge in [-0.3, -0.25) is 4.68 Å². The Morgan fingerprint density at radius 2 is 1.93 bits per heavy atom. The number of ether oxygens (including phenoxy) is 1. The van der Waals surface area contributed by atoms with Gasteiger partial charge < -0.3 is 4.74 Å². The molecule has 0 radical (unpaired) electrons. The van der Waals surface area contributed by atoms with Gasteiger partial charge in [-0.25, -0.2) is 13.6 Å². The lowest BCUT2D eigenvalue weighted by molar-refractivity contribution is -0.160. The van der Waals surface area contributed by atoms with Crippen molar-refractivity contribution in [2.45, 2.75) is 70.5 Å². The smallest absolute Gasteiger partial charge is 0.420 e. The molecule has 3 saturated carbocycles. The second-order valence-corrected chi connectivity index (χ2v) is 8.62. The Balaban J connectivity index is 1.76. The van der Waals surface area contributed by atoms with Crippen LogP contribution in [0.2, 0.25) is 0 Å². The van der Waals surface area contributed by atoms with Gasteiger partial charge in [0.25, 0.3) is 0 Å². The average molecular weight is 392 g/mol. The lowest BCUT2D eigenvalue weighted by atomic mass is 9.67. The summed E-state index contributed by atoms with van der Waals surface area (Å²) in [5, 5.41) is 4.14. The molecule has 3 aliphatic rings. The standard InChI is InChI=1S/C18H21F5N2O2/c1-3-27-14(26)13-11(18(21,22)23)12(10-6-16(10)4-5-16)24-25(13)9-15(2)7-17(19,20)8-15/h10H,3-9H2,1-2H3. The van der Waals surface area contributed by atoms with Crippen LogP contribution < -0.4 is 0 Å². The van der Waals surface area contributed by atoms with Crippen LogP contribution in [-0.4, -0.2) is 28.3 Å². The molecule has 0 aromatic carbocycles. The summed E-state index contributed by atoms with van der Waals surface area (Å²) >= 11 is 0. The van der Waals surface area contributed by atoms with E-state index in [1.54, 1.807) is 6.92 Å². The first kappa shape index (κ1) is 18.7. The second kappa shape index (κ2) is 5.44. The number of alkyl halides is 5. The van der Waals surface area contributed by atoms with Crippen LogP contribution in [0.25, 0.3) is 0 Å². The summed E-state index contributed by atoms with van der Waals surface area (Å²) in [4.78, 5) is 12.4. The molecule has 1 heterocycles. The first-order chi connectivity index (χ1) is 12.4. The lowest BCUT2D eigenvalue weighted by Gasteiger charge is -2.44. The van der Waals surface area contributed by atoms with Crippen LogP contribution >= 0.6 is 0 Å². The van der Waals surface area contributed by atoms with Gasteiger partial charge in [0.15, 0.2) is 5.69 Å². The molecule has 0 bridgehead atoms. The minimum atomic E-state index is -4.77. The predicted molar refractivity (Wildman–Crippen MR) is 84.5 cm³/mol. The summed E-state index contributed by atoms with van der Waals surface area (Å²) in [7, 11) is 0. The predicted octanol–water partition coefficient (Wildman–Crippen LogP) is 4.78. The van der Waals surface area contributed by atoms with E-state index in [0.29, 0.717) is 6.42 Å². The first-order valence-electron chi connectivity index (χ1n) is 9.13. The molecule has 0 N–H and O–H groups in total. The van der Waals surface area contributed by atoms with Gasteiger partial charge in [-0.2, -0.15) is 18.3 Å². The van der Waals surface area contributed by atoms with Crippen molar-refractivity contribution in [1.82, 2.24) is 9.78 Å². The molecule has 0 amide bonds. The third-order valence-electron chi connectivity index (χ3n) is 6.05. The van der Waals surface area contributed by atoms with Gasteiger partial charge in [0.05, 0.1) is 12.3 Å². The van der Waals surface area contributed by atoms with Crippen LogP contribution in [0.15, 0.2) is 0 Å². The highest BCUT2D eigenvalue weighted by Gasteiger charge is 2.66. The zero-order chi connectivity index (χ0) is 19.8. The van der Waals surface area contributed by atoms with Crippen LogP contribution in [0, 0.1) is 10.8 Å². The maximum Gasteiger partial charge on any atom is 0.420 e. The second-order valence-electron chi connectivity index (χ2n) is 8.62. The molecule has 1 spiro atoms. The maximum atomic E-state index is 13.9. The van der Waals surface area contributed by atoms with Gasteiger partial charge >= 0.3 is 12.1 Å². The summed E-state index contributed by atoms with van der Waals surface area (Å²) < 4.78 is 74.1. The Morgan fingerprint density at radius 3 is 2.37 bits per heavy atom. The summed E-state index contributed by atoms with van der Waals surface area (Å²) in [5.41, 5.74) is -2.84. The number of halogens is 5. The van der Waals surface area contributed by atoms with E-state index in [1.807, 2.05) is 0 Å². The Bertz CT molecular complexity index is 786. The van der Waals surface area contributed by atoms with Crippen LogP contribution in [0.4, 0.5) is 22.0 Å². The van der Waals surface area contributed by atoms with Crippen LogP contribution in [0.1, 0.15) is 73.6 Å². The molecule has 0 aliphatic heterocycles. The van der Waals surface area contributed by atoms with Crippen LogP contribution in [0.3, 0.4) is 0 Å². The highest BCUT2D eigenvalue weighted by Crippen LogP contribution is 2.75. The Morgan fingerprint density at radius 1 is 1.30 bits per heavy atom. The fourth-order valence-corrected chi connectivity index (χ4v) is 4.64. The third kappa shape index (κ3) is 3.12. The number of nitrogens with zero attached hydrogens (tertiary/aromatic N) is 2. The third-order valence-corrected chi connectivity index (χ3v) is 6.05. The monoisotopic (exact) mass is 392 g/mol. The van der Waals surface area contributed by atoms with Crippen LogP contribution in [0.5, 0.6) is 0 Å². The van der Waals surface area contributed by atoms with Gasteiger partial charge in [-0.05, 0) is 37.0 Å². The number of carbonyl (C=O) groups excluding carboxylic acids is 1. The zero-order valence-electron chi connectivity index (χ0n) is 15.1. The van der Waals surface area contributed by atoms with Crippen molar-refractivity contribution >= 4 is 5.97 Å². The van der Waals surface area contributed by atoms with Crippen molar-refractivity contribution in [3.63, 3.8) is 0 Å². The van der Waals surface area contributed by atoms with Crippen molar-refractivity contribution in [3.05, 3.63) is 17.0 Å². The zero-order valence-corrected chi connectivity index (χ0v) is 15.1. The number of rotatable bonds is 5. The van der Waals surface area contributed by atoms with Gasteiger partial charge in [-0.15, -0.1) is 0 Å². The molecule has 4 nitrogen and oxygen atoms in total. The lowest BCUT2D eigenvalue weighted by Crippen LogP contribution is -2.47. The maximum absolute atomic E-state index is 13.9. The molecule has 1 aromatic rings. The van der Waals surface area contributed by atoms with E-state index in [1.165, 1.54) is 6.92 Å². The van der Waals surface area contributed by atoms with E-state index in [2.05, 4.69) is 5.10 Å². The summed E-state index contributed by atoms with van der Waals surface area (Å²) in [6, 6.07) is 0. The average Bonchev–Trinajstić information content (AvgIpc) is 3.37. The summed E-state index contributed by atoms with van der Waals surface area (Å²) in [6.07, 6.45) is -3.29. The Kier molecular flexibility index (Phi) is 3.77. The quantitative estimate of drug-likeness (QED) is 0.535. The Hall–Kier alpha value is -1.67. The largest absolute Gasteiger partial charge is 0.461 e. The highest BCUT2D eigenvalue weighted by atomic mass is 19.4. The van der Waals surface area contributed by atoms with Gasteiger partial charge in [-0.1, -0.05) is 6.92 Å². The molecule has 1 aromatic heterocycles. The number of carbonyl (C=O) groups is 1.